The molecule has 0 saturated carbocycles. The summed E-state index contributed by atoms with van der Waals surface area (Å²) in [6.07, 6.45) is 4.32. The molecule has 0 atom stereocenters. The number of amidine groups is 1. The lowest BCUT2D eigenvalue weighted by Crippen LogP contribution is -2.23. The smallest absolute Gasteiger partial charge is 0.286 e. The highest BCUT2D eigenvalue weighted by atomic mass is 32.2. The van der Waals surface area contributed by atoms with E-state index in [2.05, 4.69) is 46.3 Å². The lowest BCUT2D eigenvalue weighted by atomic mass is 10.0. The average Bonchev–Trinajstić information content (AvgIpc) is 3.27. The van der Waals surface area contributed by atoms with Gasteiger partial charge in [-0.05, 0) is 47.4 Å². The molecular weight excluding hydrogens is 316 g/mol. The molecule has 0 N–H and O–H groups in total. The molecule has 0 bridgehead atoms. The molecule has 0 radical (unpaired) electrons. The third-order valence-corrected chi connectivity index (χ3v) is 5.35. The minimum Gasteiger partial charge on any atom is -0.351 e. The molecule has 0 spiro atoms. The Hall–Kier alpha value is -2.33. The first-order chi connectivity index (χ1) is 11.8. The summed E-state index contributed by atoms with van der Waals surface area (Å²) in [5.74, 6) is -0.117. The standard InChI is InChI=1S/C20H18N2OS/c23-19-18(24-20(21-19)22-12-4-5-13-22)14-15-8-10-17(11-9-15)16-6-2-1-3-7-16/h1-3,6-11,14H,4-5,12-13H2/b18-14-. The van der Waals surface area contributed by atoms with Crippen LogP contribution in [0.5, 0.6) is 0 Å². The quantitative estimate of drug-likeness (QED) is 0.762. The Kier molecular flexibility index (Phi) is 4.22. The molecular formula is C20H18N2OS. The van der Waals surface area contributed by atoms with Gasteiger partial charge >= 0.3 is 0 Å². The lowest BCUT2D eigenvalue weighted by Gasteiger charge is -2.14. The van der Waals surface area contributed by atoms with Crippen molar-refractivity contribution in [1.82, 2.24) is 4.90 Å². The second kappa shape index (κ2) is 6.65. The predicted octanol–water partition coefficient (Wildman–Crippen LogP) is 4.42. The Bertz CT molecular complexity index is 803. The molecule has 2 heterocycles. The molecule has 0 unspecified atom stereocenters. The first-order valence-corrected chi connectivity index (χ1v) is 9.04. The van der Waals surface area contributed by atoms with Crippen LogP contribution in [-0.2, 0) is 4.79 Å². The highest BCUT2D eigenvalue weighted by Gasteiger charge is 2.27. The van der Waals surface area contributed by atoms with Gasteiger partial charge in [0.2, 0.25) is 0 Å². The zero-order valence-electron chi connectivity index (χ0n) is 13.3. The van der Waals surface area contributed by atoms with Crippen molar-refractivity contribution >= 4 is 28.9 Å². The summed E-state index contributed by atoms with van der Waals surface area (Å²) in [6.45, 7) is 2.02. The van der Waals surface area contributed by atoms with Gasteiger partial charge in [-0.25, -0.2) is 0 Å². The van der Waals surface area contributed by atoms with E-state index >= 15 is 0 Å². The van der Waals surface area contributed by atoms with Crippen LogP contribution in [0.2, 0.25) is 0 Å². The van der Waals surface area contributed by atoms with Crippen molar-refractivity contribution in [3.8, 4) is 11.1 Å². The number of carbonyl (C=O) groups excluding carboxylic acids is 1. The molecule has 1 fully saturated rings. The largest absolute Gasteiger partial charge is 0.351 e. The highest BCUT2D eigenvalue weighted by molar-refractivity contribution is 8.18. The normalized spacial score (nSPS) is 19.2. The number of amides is 1. The fraction of sp³-hybridized carbons (Fsp3) is 0.200. The van der Waals surface area contributed by atoms with Crippen LogP contribution in [-0.4, -0.2) is 29.1 Å². The summed E-state index contributed by atoms with van der Waals surface area (Å²) in [4.78, 5) is 19.3. The number of hydrogen-bond donors (Lipinski definition) is 0. The van der Waals surface area contributed by atoms with E-state index in [4.69, 9.17) is 0 Å². The maximum atomic E-state index is 12.1. The number of rotatable bonds is 2. The summed E-state index contributed by atoms with van der Waals surface area (Å²) in [5, 5.41) is 0.865. The van der Waals surface area contributed by atoms with Gasteiger partial charge in [0.15, 0.2) is 5.17 Å². The van der Waals surface area contributed by atoms with Crippen molar-refractivity contribution in [1.29, 1.82) is 0 Å². The van der Waals surface area contributed by atoms with Gasteiger partial charge in [0.25, 0.3) is 5.91 Å². The van der Waals surface area contributed by atoms with Crippen LogP contribution in [0.3, 0.4) is 0 Å². The van der Waals surface area contributed by atoms with Crippen LogP contribution in [0.1, 0.15) is 18.4 Å². The number of carbonyl (C=O) groups is 1. The van der Waals surface area contributed by atoms with Gasteiger partial charge in [0, 0.05) is 13.1 Å². The van der Waals surface area contributed by atoms with E-state index in [1.54, 1.807) is 0 Å². The van der Waals surface area contributed by atoms with Gasteiger partial charge in [0.05, 0.1) is 4.91 Å². The summed E-state index contributed by atoms with van der Waals surface area (Å²) in [7, 11) is 0. The number of benzene rings is 2. The van der Waals surface area contributed by atoms with E-state index in [0.717, 1.165) is 23.8 Å². The Morgan fingerprint density at radius 3 is 2.29 bits per heavy atom. The fourth-order valence-electron chi connectivity index (χ4n) is 3.00. The van der Waals surface area contributed by atoms with E-state index in [1.165, 1.54) is 35.7 Å². The third kappa shape index (κ3) is 3.15. The number of thioether (sulfide) groups is 1. The maximum absolute atomic E-state index is 12.1. The molecule has 24 heavy (non-hydrogen) atoms. The van der Waals surface area contributed by atoms with E-state index in [9.17, 15) is 4.79 Å². The van der Waals surface area contributed by atoms with Crippen molar-refractivity contribution in [3.63, 3.8) is 0 Å². The minimum atomic E-state index is -0.117. The molecule has 2 aliphatic rings. The van der Waals surface area contributed by atoms with Crippen molar-refractivity contribution < 1.29 is 4.79 Å². The zero-order valence-corrected chi connectivity index (χ0v) is 14.1. The van der Waals surface area contributed by atoms with Crippen LogP contribution in [0.25, 0.3) is 17.2 Å². The Morgan fingerprint density at radius 2 is 1.58 bits per heavy atom. The van der Waals surface area contributed by atoms with Gasteiger partial charge < -0.3 is 4.90 Å². The van der Waals surface area contributed by atoms with Crippen molar-refractivity contribution in [2.45, 2.75) is 12.8 Å². The fourth-order valence-corrected chi connectivity index (χ4v) is 3.96. The van der Waals surface area contributed by atoms with E-state index in [1.807, 2.05) is 24.3 Å². The number of nitrogens with zero attached hydrogens (tertiary/aromatic N) is 2. The van der Waals surface area contributed by atoms with Crippen LogP contribution in [0.15, 0.2) is 64.5 Å². The molecule has 1 saturated heterocycles. The summed E-state index contributed by atoms with van der Waals surface area (Å²) < 4.78 is 0. The second-order valence-corrected chi connectivity index (χ2v) is 7.00. The molecule has 2 aliphatic heterocycles. The monoisotopic (exact) mass is 334 g/mol. The molecule has 3 nitrogen and oxygen atoms in total. The summed E-state index contributed by atoms with van der Waals surface area (Å²) in [5.41, 5.74) is 3.41. The lowest BCUT2D eigenvalue weighted by molar-refractivity contribution is -0.113. The second-order valence-electron chi connectivity index (χ2n) is 5.99. The van der Waals surface area contributed by atoms with Crippen LogP contribution >= 0.6 is 11.8 Å². The number of aliphatic imine (C=N–C) groups is 1. The molecule has 1 amide bonds. The molecule has 120 valence electrons. The molecule has 2 aromatic carbocycles. The third-order valence-electron chi connectivity index (χ3n) is 4.30. The number of likely N-dealkylation sites (tertiary alicyclic amines) is 1. The topological polar surface area (TPSA) is 32.7 Å². The summed E-state index contributed by atoms with van der Waals surface area (Å²) in [6, 6.07) is 18.6. The van der Waals surface area contributed by atoms with Crippen molar-refractivity contribution in [2.24, 2.45) is 4.99 Å². The van der Waals surface area contributed by atoms with Gasteiger partial charge in [-0.2, -0.15) is 4.99 Å². The molecule has 0 aliphatic carbocycles. The predicted molar refractivity (Wildman–Crippen MR) is 101 cm³/mol. The number of hydrogen-bond acceptors (Lipinski definition) is 3. The highest BCUT2D eigenvalue weighted by Crippen LogP contribution is 2.32. The first-order valence-electron chi connectivity index (χ1n) is 8.23. The zero-order chi connectivity index (χ0) is 16.4. The maximum Gasteiger partial charge on any atom is 0.286 e. The first kappa shape index (κ1) is 15.2. The van der Waals surface area contributed by atoms with Gasteiger partial charge in [-0.15, -0.1) is 0 Å². The summed E-state index contributed by atoms with van der Waals surface area (Å²) >= 11 is 1.50. The van der Waals surface area contributed by atoms with Gasteiger partial charge in [-0.3, -0.25) is 4.79 Å². The van der Waals surface area contributed by atoms with E-state index < -0.39 is 0 Å². The SMILES string of the molecule is O=C1N=C(N2CCCC2)S/C1=C\c1ccc(-c2ccccc2)cc1. The van der Waals surface area contributed by atoms with Gasteiger partial charge in [-0.1, -0.05) is 54.6 Å². The Morgan fingerprint density at radius 1 is 0.917 bits per heavy atom. The molecule has 4 heteroatoms. The minimum absolute atomic E-state index is 0.117. The molecule has 0 aromatic heterocycles. The molecule has 2 aromatic rings. The van der Waals surface area contributed by atoms with Crippen molar-refractivity contribution in [2.75, 3.05) is 13.1 Å². The van der Waals surface area contributed by atoms with Crippen LogP contribution in [0, 0.1) is 0 Å². The average molecular weight is 334 g/mol. The Balaban J connectivity index is 1.51. The van der Waals surface area contributed by atoms with E-state index in [0.29, 0.717) is 4.91 Å². The van der Waals surface area contributed by atoms with Crippen LogP contribution in [0.4, 0.5) is 0 Å². The van der Waals surface area contributed by atoms with Gasteiger partial charge in [0.1, 0.15) is 0 Å². The Labute approximate surface area is 146 Å². The van der Waals surface area contributed by atoms with Crippen LogP contribution < -0.4 is 0 Å². The van der Waals surface area contributed by atoms with E-state index in [-0.39, 0.29) is 5.91 Å². The molecule has 4 rings (SSSR count). The van der Waals surface area contributed by atoms with Crippen molar-refractivity contribution in [3.05, 3.63) is 65.1 Å².